The molecule has 0 spiro atoms. The van der Waals surface area contributed by atoms with Crippen LogP contribution in [0.4, 0.5) is 0 Å². The van der Waals surface area contributed by atoms with Gasteiger partial charge in [-0.25, -0.2) is 0 Å². The molecular weight excluding hydrogens is 334 g/mol. The molecule has 1 aliphatic heterocycles. The van der Waals surface area contributed by atoms with E-state index in [-0.39, 0.29) is 25.0 Å². The van der Waals surface area contributed by atoms with Crippen LogP contribution in [0.5, 0.6) is 0 Å². The molecule has 6 nitrogen and oxygen atoms in total. The third-order valence-corrected chi connectivity index (χ3v) is 4.57. The standard InChI is InChI=1S/C20H35NO5/c1-3-15-26-16-20(2,25)13-12-17-9-8-10-18(22)21(17)14-7-5-4-6-11-19(23)24/h12-13,17,25H,3-11,14-16H2,1-2H3,(H,23,24)/t17-,20?/m1/s1. The van der Waals surface area contributed by atoms with Crippen molar-refractivity contribution in [3.8, 4) is 0 Å². The largest absolute Gasteiger partial charge is 0.481 e. The van der Waals surface area contributed by atoms with Gasteiger partial charge in [0.15, 0.2) is 0 Å². The number of hydrogen-bond acceptors (Lipinski definition) is 4. The van der Waals surface area contributed by atoms with Crippen molar-refractivity contribution in [2.24, 2.45) is 0 Å². The molecule has 2 atom stereocenters. The van der Waals surface area contributed by atoms with Crippen molar-refractivity contribution in [1.29, 1.82) is 0 Å². The maximum absolute atomic E-state index is 12.3. The van der Waals surface area contributed by atoms with Gasteiger partial charge in [0.25, 0.3) is 0 Å². The van der Waals surface area contributed by atoms with Gasteiger partial charge in [0.2, 0.25) is 5.91 Å². The molecule has 1 aliphatic rings. The average molecular weight is 370 g/mol. The van der Waals surface area contributed by atoms with Gasteiger partial charge in [-0.1, -0.05) is 31.9 Å². The minimum atomic E-state index is -1.03. The van der Waals surface area contributed by atoms with Gasteiger partial charge in [-0.05, 0) is 39.0 Å². The molecule has 1 amide bonds. The second-order valence-corrected chi connectivity index (χ2v) is 7.37. The lowest BCUT2D eigenvalue weighted by Gasteiger charge is -2.34. The highest BCUT2D eigenvalue weighted by atomic mass is 16.5. The van der Waals surface area contributed by atoms with Gasteiger partial charge >= 0.3 is 5.97 Å². The molecule has 26 heavy (non-hydrogen) atoms. The van der Waals surface area contributed by atoms with Crippen molar-refractivity contribution in [2.75, 3.05) is 19.8 Å². The number of hydrogen-bond donors (Lipinski definition) is 2. The molecule has 1 heterocycles. The molecule has 150 valence electrons. The molecule has 0 saturated carbocycles. The minimum Gasteiger partial charge on any atom is -0.481 e. The summed E-state index contributed by atoms with van der Waals surface area (Å²) in [6.07, 6.45) is 10.6. The van der Waals surface area contributed by atoms with Crippen LogP contribution in [0.2, 0.25) is 0 Å². The zero-order chi connectivity index (χ0) is 19.4. The summed E-state index contributed by atoms with van der Waals surface area (Å²) in [6.45, 7) is 5.31. The highest BCUT2D eigenvalue weighted by molar-refractivity contribution is 5.77. The molecule has 0 bridgehead atoms. The number of nitrogens with zero attached hydrogens (tertiary/aromatic N) is 1. The molecule has 0 aromatic carbocycles. The second-order valence-electron chi connectivity index (χ2n) is 7.37. The fourth-order valence-electron chi connectivity index (χ4n) is 3.14. The first-order valence-electron chi connectivity index (χ1n) is 9.86. The second kappa shape index (κ2) is 12.1. The van der Waals surface area contributed by atoms with Crippen LogP contribution in [0.1, 0.15) is 71.6 Å². The first-order valence-corrected chi connectivity index (χ1v) is 9.86. The van der Waals surface area contributed by atoms with E-state index in [9.17, 15) is 14.7 Å². The highest BCUT2D eigenvalue weighted by Crippen LogP contribution is 2.21. The van der Waals surface area contributed by atoms with Gasteiger partial charge in [-0.15, -0.1) is 0 Å². The number of likely N-dealkylation sites (tertiary alicyclic amines) is 1. The van der Waals surface area contributed by atoms with E-state index in [1.165, 1.54) is 0 Å². The van der Waals surface area contributed by atoms with E-state index in [1.807, 2.05) is 17.9 Å². The van der Waals surface area contributed by atoms with Crippen molar-refractivity contribution in [1.82, 2.24) is 4.90 Å². The maximum atomic E-state index is 12.3. The van der Waals surface area contributed by atoms with E-state index in [4.69, 9.17) is 9.84 Å². The molecule has 1 saturated heterocycles. The van der Waals surface area contributed by atoms with Gasteiger partial charge in [0, 0.05) is 26.0 Å². The Hall–Kier alpha value is -1.40. The van der Waals surface area contributed by atoms with Crippen molar-refractivity contribution < 1.29 is 24.5 Å². The van der Waals surface area contributed by atoms with E-state index >= 15 is 0 Å². The Bertz CT molecular complexity index is 461. The molecule has 2 N–H and O–H groups in total. The molecule has 1 unspecified atom stereocenters. The summed E-state index contributed by atoms with van der Waals surface area (Å²) in [5.74, 6) is -0.588. The zero-order valence-electron chi connectivity index (χ0n) is 16.3. The van der Waals surface area contributed by atoms with Crippen LogP contribution in [-0.2, 0) is 14.3 Å². The summed E-state index contributed by atoms with van der Waals surface area (Å²) in [5, 5.41) is 19.0. The topological polar surface area (TPSA) is 87.1 Å². The van der Waals surface area contributed by atoms with Gasteiger partial charge in [0.05, 0.1) is 12.6 Å². The number of piperidine rings is 1. The Morgan fingerprint density at radius 2 is 2.08 bits per heavy atom. The van der Waals surface area contributed by atoms with E-state index < -0.39 is 11.6 Å². The zero-order valence-corrected chi connectivity index (χ0v) is 16.3. The normalized spacial score (nSPS) is 20.5. The van der Waals surface area contributed by atoms with Gasteiger partial charge in [-0.2, -0.15) is 0 Å². The summed E-state index contributed by atoms with van der Waals surface area (Å²) >= 11 is 0. The Balaban J connectivity index is 2.46. The minimum absolute atomic E-state index is 0.0212. The number of aliphatic hydroxyl groups is 1. The van der Waals surface area contributed by atoms with Crippen LogP contribution >= 0.6 is 0 Å². The van der Waals surface area contributed by atoms with Crippen LogP contribution in [0.25, 0.3) is 0 Å². The number of ether oxygens (including phenoxy) is 1. The lowest BCUT2D eigenvalue weighted by atomic mass is 9.98. The van der Waals surface area contributed by atoms with Crippen molar-refractivity contribution in [3.05, 3.63) is 12.2 Å². The third kappa shape index (κ3) is 9.34. The summed E-state index contributed by atoms with van der Waals surface area (Å²) in [7, 11) is 0. The number of carboxylic acid groups (broad SMARTS) is 1. The molecule has 0 aliphatic carbocycles. The molecule has 1 rings (SSSR count). The van der Waals surface area contributed by atoms with E-state index in [2.05, 4.69) is 0 Å². The monoisotopic (exact) mass is 369 g/mol. The predicted molar refractivity (Wildman–Crippen MR) is 101 cm³/mol. The molecule has 6 heteroatoms. The van der Waals surface area contributed by atoms with Crippen molar-refractivity contribution in [2.45, 2.75) is 83.3 Å². The molecule has 0 radical (unpaired) electrons. The molecule has 0 aromatic rings. The number of carbonyl (C=O) groups is 2. The van der Waals surface area contributed by atoms with Crippen LogP contribution in [0.15, 0.2) is 12.2 Å². The lowest BCUT2D eigenvalue weighted by molar-refractivity contribution is -0.137. The SMILES string of the molecule is CCCOCC(C)(O)C=C[C@H]1CCCC(=O)N1CCCCCCC(=O)O. The highest BCUT2D eigenvalue weighted by Gasteiger charge is 2.26. The van der Waals surface area contributed by atoms with E-state index in [0.29, 0.717) is 26.0 Å². The van der Waals surface area contributed by atoms with Crippen molar-refractivity contribution in [3.63, 3.8) is 0 Å². The Morgan fingerprint density at radius 3 is 2.77 bits per heavy atom. The van der Waals surface area contributed by atoms with E-state index in [1.54, 1.807) is 13.0 Å². The number of carboxylic acids is 1. The van der Waals surface area contributed by atoms with E-state index in [0.717, 1.165) is 38.5 Å². The van der Waals surface area contributed by atoms with Gasteiger partial charge < -0.3 is 19.8 Å². The summed E-state index contributed by atoms with van der Waals surface area (Å²) < 4.78 is 5.43. The van der Waals surface area contributed by atoms with Crippen LogP contribution in [0, 0.1) is 0 Å². The molecular formula is C20H35NO5. The van der Waals surface area contributed by atoms with Crippen LogP contribution in [0.3, 0.4) is 0 Å². The Kier molecular flexibility index (Phi) is 10.5. The fourth-order valence-corrected chi connectivity index (χ4v) is 3.14. The number of carbonyl (C=O) groups excluding carboxylic acids is 1. The van der Waals surface area contributed by atoms with Crippen LogP contribution in [-0.4, -0.2) is 58.4 Å². The summed E-state index contributed by atoms with van der Waals surface area (Å²) in [4.78, 5) is 24.7. The number of rotatable bonds is 13. The number of unbranched alkanes of at least 4 members (excludes halogenated alkanes) is 3. The first-order chi connectivity index (χ1) is 12.4. The molecule has 1 fully saturated rings. The summed E-state index contributed by atoms with van der Waals surface area (Å²) in [5.41, 5.74) is -1.03. The van der Waals surface area contributed by atoms with Crippen molar-refractivity contribution >= 4 is 11.9 Å². The third-order valence-electron chi connectivity index (χ3n) is 4.57. The van der Waals surface area contributed by atoms with Gasteiger partial charge in [-0.3, -0.25) is 9.59 Å². The fraction of sp³-hybridized carbons (Fsp3) is 0.800. The lowest BCUT2D eigenvalue weighted by Crippen LogP contribution is -2.43. The number of amides is 1. The quantitative estimate of drug-likeness (QED) is 0.385. The predicted octanol–water partition coefficient (Wildman–Crippen LogP) is 3.14. The molecule has 0 aromatic heterocycles. The van der Waals surface area contributed by atoms with Gasteiger partial charge in [0.1, 0.15) is 5.60 Å². The Morgan fingerprint density at radius 1 is 1.35 bits per heavy atom. The summed E-state index contributed by atoms with van der Waals surface area (Å²) in [6, 6.07) is 0.0212. The smallest absolute Gasteiger partial charge is 0.303 e. The maximum Gasteiger partial charge on any atom is 0.303 e. The Labute approximate surface area is 157 Å². The average Bonchev–Trinajstić information content (AvgIpc) is 2.57. The van der Waals surface area contributed by atoms with Crippen LogP contribution < -0.4 is 0 Å². The number of aliphatic carboxylic acids is 1. The first kappa shape index (κ1) is 22.6.